The largest absolute Gasteiger partial charge is 0.343 e. The maximum Gasteiger partial charge on any atom is 0.343 e. The molecule has 0 aliphatic heterocycles. The third kappa shape index (κ3) is 3.74. The zero-order valence-electron chi connectivity index (χ0n) is 12.0. The fourth-order valence-corrected chi connectivity index (χ4v) is 2.83. The molecule has 1 saturated carbocycles. The van der Waals surface area contributed by atoms with Crippen LogP contribution in [-0.2, 0) is 13.1 Å². The van der Waals surface area contributed by atoms with E-state index in [1.54, 1.807) is 4.57 Å². The Kier molecular flexibility index (Phi) is 4.40. The van der Waals surface area contributed by atoms with Crippen molar-refractivity contribution in [2.45, 2.75) is 55.5 Å². The molecule has 6 nitrogen and oxygen atoms in total. The van der Waals surface area contributed by atoms with Gasteiger partial charge in [-0.2, -0.15) is 0 Å². The summed E-state index contributed by atoms with van der Waals surface area (Å²) < 4.78 is 1.65. The standard InChI is InChI=1S/C14H19N5OS/c1-2-7-19-13(20)17-18-14(19)21-12-6-3-10(9-16-12)8-15-11-4-5-11/h3,6,9,11,15H,2,4-5,7-8H2,1H3,(H,17,20). The second-order valence-corrected chi connectivity index (χ2v) is 6.21. The maximum atomic E-state index is 11.6. The van der Waals surface area contributed by atoms with Crippen LogP contribution in [0.15, 0.2) is 33.3 Å². The molecule has 2 heterocycles. The molecule has 7 heteroatoms. The van der Waals surface area contributed by atoms with Crippen LogP contribution in [0.4, 0.5) is 0 Å². The van der Waals surface area contributed by atoms with Crippen molar-refractivity contribution in [2.24, 2.45) is 0 Å². The summed E-state index contributed by atoms with van der Waals surface area (Å²) in [5.74, 6) is 0. The second-order valence-electron chi connectivity index (χ2n) is 5.22. The Morgan fingerprint density at radius 2 is 2.33 bits per heavy atom. The van der Waals surface area contributed by atoms with E-state index in [9.17, 15) is 4.79 Å². The van der Waals surface area contributed by atoms with E-state index in [-0.39, 0.29) is 5.69 Å². The topological polar surface area (TPSA) is 75.6 Å². The van der Waals surface area contributed by atoms with E-state index in [1.165, 1.54) is 30.2 Å². The van der Waals surface area contributed by atoms with Crippen LogP contribution in [-0.4, -0.2) is 25.8 Å². The molecule has 0 aromatic carbocycles. The van der Waals surface area contributed by atoms with Gasteiger partial charge in [0.15, 0.2) is 5.16 Å². The number of rotatable bonds is 7. The van der Waals surface area contributed by atoms with Gasteiger partial charge in [-0.15, -0.1) is 5.10 Å². The summed E-state index contributed by atoms with van der Waals surface area (Å²) in [5.41, 5.74) is 1.02. The average Bonchev–Trinajstić information content (AvgIpc) is 3.27. The Morgan fingerprint density at radius 3 is 3.00 bits per heavy atom. The van der Waals surface area contributed by atoms with Crippen molar-refractivity contribution in [3.05, 3.63) is 34.4 Å². The number of hydrogen-bond donors (Lipinski definition) is 2. The van der Waals surface area contributed by atoms with Crippen molar-refractivity contribution < 1.29 is 0 Å². The minimum absolute atomic E-state index is 0.162. The first-order chi connectivity index (χ1) is 10.3. The van der Waals surface area contributed by atoms with Crippen molar-refractivity contribution in [3.8, 4) is 0 Å². The minimum Gasteiger partial charge on any atom is -0.310 e. The Hall–Kier alpha value is -1.60. The molecule has 0 spiro atoms. The van der Waals surface area contributed by atoms with Crippen molar-refractivity contribution in [1.29, 1.82) is 0 Å². The van der Waals surface area contributed by atoms with Gasteiger partial charge in [-0.25, -0.2) is 14.9 Å². The fourth-order valence-electron chi connectivity index (χ4n) is 2.02. The average molecular weight is 305 g/mol. The zero-order valence-corrected chi connectivity index (χ0v) is 12.8. The molecule has 0 radical (unpaired) electrons. The molecule has 0 unspecified atom stereocenters. The van der Waals surface area contributed by atoms with Gasteiger partial charge < -0.3 is 5.32 Å². The highest BCUT2D eigenvalue weighted by atomic mass is 32.2. The summed E-state index contributed by atoms with van der Waals surface area (Å²) >= 11 is 1.41. The molecular weight excluding hydrogens is 286 g/mol. The van der Waals surface area contributed by atoms with Gasteiger partial charge in [0.2, 0.25) is 0 Å². The first-order valence-electron chi connectivity index (χ1n) is 7.27. The molecule has 2 aromatic heterocycles. The summed E-state index contributed by atoms with van der Waals surface area (Å²) in [5, 5.41) is 11.5. The minimum atomic E-state index is -0.162. The fraction of sp³-hybridized carbons (Fsp3) is 0.500. The smallest absolute Gasteiger partial charge is 0.310 e. The van der Waals surface area contributed by atoms with E-state index >= 15 is 0 Å². The molecule has 1 fully saturated rings. The second kappa shape index (κ2) is 6.44. The number of pyridine rings is 1. The third-order valence-corrected chi connectivity index (χ3v) is 4.28. The van der Waals surface area contributed by atoms with E-state index in [1.807, 2.05) is 19.2 Å². The summed E-state index contributed by atoms with van der Waals surface area (Å²) in [7, 11) is 0. The van der Waals surface area contributed by atoms with Gasteiger partial charge in [0.05, 0.1) is 0 Å². The van der Waals surface area contributed by atoms with E-state index in [0.29, 0.717) is 17.7 Å². The lowest BCUT2D eigenvalue weighted by molar-refractivity contribution is 0.603. The molecule has 0 amide bonds. The molecule has 21 heavy (non-hydrogen) atoms. The number of aromatic nitrogens is 4. The van der Waals surface area contributed by atoms with Gasteiger partial charge in [0.1, 0.15) is 5.03 Å². The van der Waals surface area contributed by atoms with Crippen LogP contribution in [0.1, 0.15) is 31.7 Å². The third-order valence-electron chi connectivity index (χ3n) is 3.34. The van der Waals surface area contributed by atoms with Crippen LogP contribution in [0.25, 0.3) is 0 Å². The van der Waals surface area contributed by atoms with Crippen LogP contribution < -0.4 is 11.0 Å². The van der Waals surface area contributed by atoms with Crippen molar-refractivity contribution in [3.63, 3.8) is 0 Å². The number of H-pyrrole nitrogens is 1. The molecule has 2 N–H and O–H groups in total. The molecule has 2 aromatic rings. The Bertz CT molecular complexity index is 644. The van der Waals surface area contributed by atoms with Crippen LogP contribution in [0.3, 0.4) is 0 Å². The Balaban J connectivity index is 1.65. The molecule has 1 aliphatic carbocycles. The molecular formula is C14H19N5OS. The number of nitrogens with one attached hydrogen (secondary N) is 2. The molecule has 1 aliphatic rings. The monoisotopic (exact) mass is 305 g/mol. The van der Waals surface area contributed by atoms with Crippen LogP contribution in [0.2, 0.25) is 0 Å². The van der Waals surface area contributed by atoms with E-state index in [2.05, 4.69) is 26.6 Å². The van der Waals surface area contributed by atoms with E-state index < -0.39 is 0 Å². The molecule has 0 saturated heterocycles. The van der Waals surface area contributed by atoms with E-state index in [0.717, 1.165) is 18.0 Å². The Labute approximate surface area is 127 Å². The predicted molar refractivity (Wildman–Crippen MR) is 81.4 cm³/mol. The van der Waals surface area contributed by atoms with Crippen molar-refractivity contribution in [1.82, 2.24) is 25.1 Å². The predicted octanol–water partition coefficient (Wildman–Crippen LogP) is 1.78. The van der Waals surface area contributed by atoms with E-state index in [4.69, 9.17) is 0 Å². The van der Waals surface area contributed by atoms with Gasteiger partial charge in [0, 0.05) is 25.3 Å². The zero-order chi connectivity index (χ0) is 14.7. The lowest BCUT2D eigenvalue weighted by Gasteiger charge is -2.05. The van der Waals surface area contributed by atoms with Crippen LogP contribution in [0.5, 0.6) is 0 Å². The van der Waals surface area contributed by atoms with Crippen LogP contribution in [0, 0.1) is 0 Å². The summed E-state index contributed by atoms with van der Waals surface area (Å²) in [6.45, 7) is 3.57. The highest BCUT2D eigenvalue weighted by molar-refractivity contribution is 7.99. The molecule has 0 bridgehead atoms. The molecule has 3 rings (SSSR count). The summed E-state index contributed by atoms with van der Waals surface area (Å²) in [4.78, 5) is 16.1. The lowest BCUT2D eigenvalue weighted by Crippen LogP contribution is -2.17. The first-order valence-corrected chi connectivity index (χ1v) is 8.09. The maximum absolute atomic E-state index is 11.6. The van der Waals surface area contributed by atoms with Gasteiger partial charge in [0.25, 0.3) is 0 Å². The highest BCUT2D eigenvalue weighted by Gasteiger charge is 2.19. The van der Waals surface area contributed by atoms with Gasteiger partial charge in [-0.3, -0.25) is 4.57 Å². The summed E-state index contributed by atoms with van der Waals surface area (Å²) in [6, 6.07) is 4.75. The Morgan fingerprint density at radius 1 is 1.48 bits per heavy atom. The van der Waals surface area contributed by atoms with Gasteiger partial charge >= 0.3 is 5.69 Å². The number of aromatic amines is 1. The molecule has 0 atom stereocenters. The van der Waals surface area contributed by atoms with Crippen molar-refractivity contribution in [2.75, 3.05) is 0 Å². The van der Waals surface area contributed by atoms with Crippen LogP contribution >= 0.6 is 11.8 Å². The number of nitrogens with zero attached hydrogens (tertiary/aromatic N) is 3. The number of hydrogen-bond acceptors (Lipinski definition) is 5. The lowest BCUT2D eigenvalue weighted by atomic mass is 10.3. The van der Waals surface area contributed by atoms with Crippen molar-refractivity contribution >= 4 is 11.8 Å². The summed E-state index contributed by atoms with van der Waals surface area (Å²) in [6.07, 6.45) is 5.35. The SMILES string of the molecule is CCCn1c(Sc2ccc(CNC3CC3)cn2)n[nH]c1=O. The molecule has 112 valence electrons. The highest BCUT2D eigenvalue weighted by Crippen LogP contribution is 2.23. The normalized spacial score (nSPS) is 14.5. The van der Waals surface area contributed by atoms with Gasteiger partial charge in [-0.1, -0.05) is 13.0 Å². The first kappa shape index (κ1) is 14.3. The quantitative estimate of drug-likeness (QED) is 0.815. The van der Waals surface area contributed by atoms with Gasteiger partial charge in [-0.05, 0) is 42.7 Å².